The highest BCUT2D eigenvalue weighted by Crippen LogP contribution is 2.23. The van der Waals surface area contributed by atoms with E-state index in [1.54, 1.807) is 19.0 Å². The Morgan fingerprint density at radius 2 is 1.72 bits per heavy atom. The van der Waals surface area contributed by atoms with Gasteiger partial charge in [-0.3, -0.25) is 9.69 Å². The molecule has 1 saturated carbocycles. The average molecular weight is 515 g/mol. The molecule has 0 radical (unpaired) electrons. The number of aliphatic imine (C=N–C) groups is 1. The first kappa shape index (κ1) is 25.7. The molecule has 0 atom stereocenters. The van der Waals surface area contributed by atoms with Gasteiger partial charge in [-0.25, -0.2) is 4.99 Å². The van der Waals surface area contributed by atoms with Crippen LogP contribution in [-0.2, 0) is 17.9 Å². The van der Waals surface area contributed by atoms with Crippen molar-refractivity contribution in [3.05, 3.63) is 35.4 Å². The Hall–Kier alpha value is -1.35. The fourth-order valence-corrected chi connectivity index (χ4v) is 3.61. The van der Waals surface area contributed by atoms with Crippen LogP contribution in [0.5, 0.6) is 0 Å². The van der Waals surface area contributed by atoms with Gasteiger partial charge in [-0.1, -0.05) is 43.5 Å². The number of guanidine groups is 1. The molecule has 2 rings (SSSR count). The quantitative estimate of drug-likeness (QED) is 0.317. The summed E-state index contributed by atoms with van der Waals surface area (Å²) in [6.45, 7) is 4.58. The van der Waals surface area contributed by atoms with Crippen molar-refractivity contribution < 1.29 is 4.79 Å². The Morgan fingerprint density at radius 1 is 1.07 bits per heavy atom. The molecule has 1 amide bonds. The number of halogens is 1. The zero-order valence-electron chi connectivity index (χ0n) is 18.4. The Morgan fingerprint density at radius 3 is 2.34 bits per heavy atom. The minimum absolute atomic E-state index is 0. The van der Waals surface area contributed by atoms with Crippen LogP contribution < -0.4 is 10.6 Å². The topological polar surface area (TPSA) is 60.0 Å². The van der Waals surface area contributed by atoms with Crippen molar-refractivity contribution in [1.82, 2.24) is 20.4 Å². The van der Waals surface area contributed by atoms with Gasteiger partial charge in [0.25, 0.3) is 0 Å². The second-order valence-electron chi connectivity index (χ2n) is 7.81. The van der Waals surface area contributed by atoms with E-state index < -0.39 is 0 Å². The third kappa shape index (κ3) is 8.90. The van der Waals surface area contributed by atoms with E-state index in [1.165, 1.54) is 43.2 Å². The fourth-order valence-electron chi connectivity index (χ4n) is 3.61. The summed E-state index contributed by atoms with van der Waals surface area (Å²) in [5.74, 6) is 0.702. The van der Waals surface area contributed by atoms with E-state index in [0.717, 1.165) is 13.1 Å². The van der Waals surface area contributed by atoms with Crippen molar-refractivity contribution in [2.75, 3.05) is 34.2 Å². The van der Waals surface area contributed by atoms with Crippen LogP contribution in [0.15, 0.2) is 29.3 Å². The summed E-state index contributed by atoms with van der Waals surface area (Å²) in [7, 11) is 5.76. The Balaban J connectivity index is 0.00000420. The summed E-state index contributed by atoms with van der Waals surface area (Å²) in [4.78, 5) is 20.6. The molecule has 0 bridgehead atoms. The molecule has 0 heterocycles. The van der Waals surface area contributed by atoms with Crippen LogP contribution in [0.4, 0.5) is 0 Å². The molecule has 0 unspecified atom stereocenters. The third-order valence-electron chi connectivity index (χ3n) is 5.39. The normalized spacial score (nSPS) is 15.0. The van der Waals surface area contributed by atoms with Gasteiger partial charge < -0.3 is 15.5 Å². The minimum Gasteiger partial charge on any atom is -0.357 e. The smallest absolute Gasteiger partial charge is 0.241 e. The molecule has 7 heteroatoms. The van der Waals surface area contributed by atoms with Crippen LogP contribution in [0.25, 0.3) is 0 Å². The maximum atomic E-state index is 11.8. The summed E-state index contributed by atoms with van der Waals surface area (Å²) in [6, 6.07) is 9.24. The van der Waals surface area contributed by atoms with Gasteiger partial charge in [0, 0.05) is 33.2 Å². The number of nitrogens with zero attached hydrogens (tertiary/aromatic N) is 3. The van der Waals surface area contributed by atoms with Crippen LogP contribution in [0.1, 0.15) is 50.2 Å². The Bertz CT molecular complexity index is 644. The molecular weight excluding hydrogens is 477 g/mol. The minimum atomic E-state index is 0. The number of rotatable bonds is 8. The van der Waals surface area contributed by atoms with Gasteiger partial charge in [-0.05, 0) is 37.9 Å². The number of benzene rings is 1. The summed E-state index contributed by atoms with van der Waals surface area (Å²) < 4.78 is 0. The number of nitrogens with one attached hydrogen (secondary N) is 2. The van der Waals surface area contributed by atoms with Crippen molar-refractivity contribution in [3.8, 4) is 0 Å². The monoisotopic (exact) mass is 515 g/mol. The van der Waals surface area contributed by atoms with E-state index in [4.69, 9.17) is 4.99 Å². The summed E-state index contributed by atoms with van der Waals surface area (Å²) in [5, 5.41) is 6.34. The second kappa shape index (κ2) is 13.8. The first-order valence-corrected chi connectivity index (χ1v) is 10.5. The number of carbonyl (C=O) groups excluding carboxylic acids is 1. The maximum absolute atomic E-state index is 11.8. The van der Waals surface area contributed by atoms with Gasteiger partial charge in [0.05, 0.1) is 13.1 Å². The highest BCUT2D eigenvalue weighted by Gasteiger charge is 2.18. The van der Waals surface area contributed by atoms with E-state index in [1.807, 2.05) is 6.92 Å². The van der Waals surface area contributed by atoms with Gasteiger partial charge >= 0.3 is 0 Å². The lowest BCUT2D eigenvalue weighted by atomic mass is 9.94. The Kier molecular flexibility index (Phi) is 12.2. The van der Waals surface area contributed by atoms with Crippen molar-refractivity contribution in [1.29, 1.82) is 0 Å². The number of amides is 1. The number of hydrogen-bond acceptors (Lipinski definition) is 3. The number of carbonyl (C=O) groups is 1. The predicted octanol–water partition coefficient (Wildman–Crippen LogP) is 3.21. The maximum Gasteiger partial charge on any atom is 0.241 e. The standard InChI is InChI=1S/C22H37N5O.HI/c1-5-23-22(25-16-21(28)26(2)3)24-15-18-11-9-10-12-19(18)17-27(4)20-13-7-6-8-14-20;/h9-12,20H,5-8,13-17H2,1-4H3,(H2,23,24,25);1H. The SMILES string of the molecule is CCNC(=NCc1ccccc1CN(C)C1CCCCC1)NCC(=O)N(C)C.I. The summed E-state index contributed by atoms with van der Waals surface area (Å²) >= 11 is 0. The molecule has 0 saturated heterocycles. The average Bonchev–Trinajstić information content (AvgIpc) is 2.71. The summed E-state index contributed by atoms with van der Waals surface area (Å²) in [6.07, 6.45) is 6.71. The Labute approximate surface area is 193 Å². The highest BCUT2D eigenvalue weighted by molar-refractivity contribution is 14.0. The molecule has 1 aromatic carbocycles. The second-order valence-corrected chi connectivity index (χ2v) is 7.81. The van der Waals surface area contributed by atoms with Crippen molar-refractivity contribution in [2.45, 2.75) is 58.2 Å². The zero-order chi connectivity index (χ0) is 20.4. The number of hydrogen-bond donors (Lipinski definition) is 2. The molecule has 164 valence electrons. The number of likely N-dealkylation sites (N-methyl/N-ethyl adjacent to an activating group) is 1. The fraction of sp³-hybridized carbons (Fsp3) is 0.636. The molecule has 29 heavy (non-hydrogen) atoms. The van der Waals surface area contributed by atoms with Crippen LogP contribution >= 0.6 is 24.0 Å². The van der Waals surface area contributed by atoms with Crippen LogP contribution in [0, 0.1) is 0 Å². The molecule has 0 aromatic heterocycles. The van der Waals surface area contributed by atoms with E-state index in [2.05, 4.69) is 46.8 Å². The lowest BCUT2D eigenvalue weighted by molar-refractivity contribution is -0.127. The van der Waals surface area contributed by atoms with Gasteiger partial charge in [-0.2, -0.15) is 0 Å². The first-order chi connectivity index (χ1) is 13.5. The molecule has 6 nitrogen and oxygen atoms in total. The molecule has 1 aromatic rings. The van der Waals surface area contributed by atoms with Crippen LogP contribution in [0.2, 0.25) is 0 Å². The van der Waals surface area contributed by atoms with E-state index in [0.29, 0.717) is 18.5 Å². The van der Waals surface area contributed by atoms with Gasteiger partial charge in [0.2, 0.25) is 5.91 Å². The van der Waals surface area contributed by atoms with E-state index >= 15 is 0 Å². The molecule has 1 aliphatic rings. The summed E-state index contributed by atoms with van der Waals surface area (Å²) in [5.41, 5.74) is 2.57. The van der Waals surface area contributed by atoms with Crippen molar-refractivity contribution in [3.63, 3.8) is 0 Å². The molecule has 0 aliphatic heterocycles. The molecule has 1 fully saturated rings. The third-order valence-corrected chi connectivity index (χ3v) is 5.39. The molecular formula is C22H38IN5O. The first-order valence-electron chi connectivity index (χ1n) is 10.5. The van der Waals surface area contributed by atoms with E-state index in [9.17, 15) is 4.79 Å². The van der Waals surface area contributed by atoms with E-state index in [-0.39, 0.29) is 36.4 Å². The largest absolute Gasteiger partial charge is 0.357 e. The van der Waals surface area contributed by atoms with Crippen molar-refractivity contribution >= 4 is 35.8 Å². The van der Waals surface area contributed by atoms with Gasteiger partial charge in [0.1, 0.15) is 0 Å². The van der Waals surface area contributed by atoms with Gasteiger partial charge in [-0.15, -0.1) is 24.0 Å². The predicted molar refractivity (Wildman–Crippen MR) is 132 cm³/mol. The zero-order valence-corrected chi connectivity index (χ0v) is 20.7. The van der Waals surface area contributed by atoms with Crippen molar-refractivity contribution in [2.24, 2.45) is 4.99 Å². The molecule has 1 aliphatic carbocycles. The molecule has 0 spiro atoms. The van der Waals surface area contributed by atoms with Crippen LogP contribution in [-0.4, -0.2) is 61.9 Å². The lowest BCUT2D eigenvalue weighted by Crippen LogP contribution is -2.42. The van der Waals surface area contributed by atoms with Crippen LogP contribution in [0.3, 0.4) is 0 Å². The molecule has 2 N–H and O–H groups in total. The lowest BCUT2D eigenvalue weighted by Gasteiger charge is -2.31. The van der Waals surface area contributed by atoms with Gasteiger partial charge in [0.15, 0.2) is 5.96 Å². The highest BCUT2D eigenvalue weighted by atomic mass is 127.